The van der Waals surface area contributed by atoms with Crippen LogP contribution in [0.15, 0.2) is 18.2 Å². The zero-order valence-corrected chi connectivity index (χ0v) is 15.2. The third-order valence-electron chi connectivity index (χ3n) is 2.85. The summed E-state index contributed by atoms with van der Waals surface area (Å²) in [5.74, 6) is -0.294. The molecule has 4 nitrogen and oxygen atoms in total. The van der Waals surface area contributed by atoms with Gasteiger partial charge in [-0.15, -0.1) is 0 Å². The lowest BCUT2D eigenvalue weighted by Gasteiger charge is -2.22. The zero-order chi connectivity index (χ0) is 15.8. The molecule has 0 spiro atoms. The van der Waals surface area contributed by atoms with Crippen LogP contribution >= 0.6 is 34.2 Å². The molecule has 1 N–H and O–H groups in total. The summed E-state index contributed by atoms with van der Waals surface area (Å²) in [6.07, 6.45) is 1.67. The van der Waals surface area contributed by atoms with Gasteiger partial charge in [-0.3, -0.25) is 9.59 Å². The van der Waals surface area contributed by atoms with E-state index in [1.54, 1.807) is 23.1 Å². The van der Waals surface area contributed by atoms with Gasteiger partial charge in [0.1, 0.15) is 0 Å². The number of nitrogens with zero attached hydrogens (tertiary/aromatic N) is 1. The van der Waals surface area contributed by atoms with Crippen molar-refractivity contribution < 1.29 is 9.59 Å². The second-order valence-corrected chi connectivity index (χ2v) is 6.27. The Labute approximate surface area is 144 Å². The predicted molar refractivity (Wildman–Crippen MR) is 93.7 cm³/mol. The number of carbonyl (C=O) groups is 2. The topological polar surface area (TPSA) is 49.4 Å². The van der Waals surface area contributed by atoms with Crippen LogP contribution in [0.1, 0.15) is 37.0 Å². The number of nitrogens with one attached hydrogen (secondary N) is 1. The van der Waals surface area contributed by atoms with Crippen LogP contribution in [-0.2, 0) is 4.79 Å². The van der Waals surface area contributed by atoms with Crippen LogP contribution in [0.3, 0.4) is 0 Å². The van der Waals surface area contributed by atoms with Crippen molar-refractivity contribution in [1.82, 2.24) is 10.2 Å². The zero-order valence-electron chi connectivity index (χ0n) is 12.3. The van der Waals surface area contributed by atoms with Crippen LogP contribution in [0, 0.1) is 3.57 Å². The molecule has 0 saturated carbocycles. The second-order valence-electron chi connectivity index (χ2n) is 4.71. The number of hydrogen-bond donors (Lipinski definition) is 1. The summed E-state index contributed by atoms with van der Waals surface area (Å²) < 4.78 is 0.897. The molecule has 21 heavy (non-hydrogen) atoms. The monoisotopic (exact) mass is 422 g/mol. The normalized spacial score (nSPS) is 10.3. The van der Waals surface area contributed by atoms with E-state index in [9.17, 15) is 9.59 Å². The van der Waals surface area contributed by atoms with Crippen molar-refractivity contribution in [3.05, 3.63) is 32.4 Å². The maximum atomic E-state index is 12.5. The van der Waals surface area contributed by atoms with Crippen molar-refractivity contribution in [3.63, 3.8) is 0 Å². The average molecular weight is 423 g/mol. The minimum absolute atomic E-state index is 0.0796. The van der Waals surface area contributed by atoms with Gasteiger partial charge in [0.25, 0.3) is 5.91 Å². The third-order valence-corrected chi connectivity index (χ3v) is 4.43. The first-order valence-corrected chi connectivity index (χ1v) is 8.46. The van der Waals surface area contributed by atoms with E-state index in [1.807, 2.05) is 13.8 Å². The molecule has 2 amide bonds. The van der Waals surface area contributed by atoms with Gasteiger partial charge in [0.2, 0.25) is 5.91 Å². The van der Waals surface area contributed by atoms with E-state index < -0.39 is 0 Å². The molecule has 1 rings (SSSR count). The van der Waals surface area contributed by atoms with E-state index in [4.69, 9.17) is 11.6 Å². The van der Waals surface area contributed by atoms with Gasteiger partial charge in [-0.05, 0) is 53.6 Å². The molecule has 0 heterocycles. The molecule has 0 unspecified atom stereocenters. The highest BCUT2D eigenvalue weighted by Gasteiger charge is 2.18. The second kappa shape index (κ2) is 9.25. The molecular weight excluding hydrogens is 403 g/mol. The van der Waals surface area contributed by atoms with Gasteiger partial charge in [0.05, 0.1) is 11.6 Å². The minimum Gasteiger partial charge on any atom is -0.355 e. The Morgan fingerprint density at radius 3 is 2.57 bits per heavy atom. The fraction of sp³-hybridized carbons (Fsp3) is 0.467. The van der Waals surface area contributed by atoms with Crippen molar-refractivity contribution in [2.24, 2.45) is 0 Å². The quantitative estimate of drug-likeness (QED) is 0.685. The van der Waals surface area contributed by atoms with E-state index in [0.717, 1.165) is 16.4 Å². The standard InChI is InChI=1S/C15H20ClIN2O2/c1-3-7-18-14(20)10-19(8-4-2)15(21)11-5-6-13(17)12(16)9-11/h5-6,9H,3-4,7-8,10H2,1-2H3,(H,18,20). The largest absolute Gasteiger partial charge is 0.355 e. The van der Waals surface area contributed by atoms with Crippen molar-refractivity contribution in [3.8, 4) is 0 Å². The molecule has 1 aromatic carbocycles. The smallest absolute Gasteiger partial charge is 0.254 e. The lowest BCUT2D eigenvalue weighted by Crippen LogP contribution is -2.41. The number of amides is 2. The summed E-state index contributed by atoms with van der Waals surface area (Å²) >= 11 is 8.17. The Morgan fingerprint density at radius 1 is 1.29 bits per heavy atom. The molecule has 1 aromatic rings. The summed E-state index contributed by atoms with van der Waals surface area (Å²) in [5, 5.41) is 3.34. The fourth-order valence-corrected chi connectivity index (χ4v) is 2.34. The Bertz CT molecular complexity index is 508. The first kappa shape index (κ1) is 18.2. The van der Waals surface area contributed by atoms with Crippen LogP contribution < -0.4 is 5.32 Å². The lowest BCUT2D eigenvalue weighted by atomic mass is 10.2. The summed E-state index contributed by atoms with van der Waals surface area (Å²) in [6, 6.07) is 5.19. The van der Waals surface area contributed by atoms with Crippen molar-refractivity contribution in [2.75, 3.05) is 19.6 Å². The molecule has 0 radical (unpaired) electrons. The summed E-state index contributed by atoms with van der Waals surface area (Å²) in [7, 11) is 0. The molecular formula is C15H20ClIN2O2. The minimum atomic E-state index is -0.165. The highest BCUT2D eigenvalue weighted by Crippen LogP contribution is 2.20. The van der Waals surface area contributed by atoms with Crippen molar-refractivity contribution >= 4 is 46.0 Å². The summed E-state index contributed by atoms with van der Waals surface area (Å²) in [5.41, 5.74) is 0.511. The highest BCUT2D eigenvalue weighted by atomic mass is 127. The molecule has 6 heteroatoms. The SMILES string of the molecule is CCCNC(=O)CN(CCC)C(=O)c1ccc(I)c(Cl)c1. The first-order valence-electron chi connectivity index (χ1n) is 7.00. The van der Waals surface area contributed by atoms with E-state index in [-0.39, 0.29) is 18.4 Å². The molecule has 0 atom stereocenters. The first-order chi connectivity index (χ1) is 9.99. The Hall–Kier alpha value is -0.820. The van der Waals surface area contributed by atoms with E-state index in [0.29, 0.717) is 23.7 Å². The predicted octanol–water partition coefficient (Wildman–Crippen LogP) is 3.32. The lowest BCUT2D eigenvalue weighted by molar-refractivity contribution is -0.121. The number of hydrogen-bond acceptors (Lipinski definition) is 2. The molecule has 0 aliphatic rings. The molecule has 0 saturated heterocycles. The van der Waals surface area contributed by atoms with E-state index in [2.05, 4.69) is 27.9 Å². The fourth-order valence-electron chi connectivity index (χ4n) is 1.83. The molecule has 0 fully saturated rings. The van der Waals surface area contributed by atoms with Crippen LogP contribution in [0.5, 0.6) is 0 Å². The Kier molecular flexibility index (Phi) is 8.03. The van der Waals surface area contributed by atoms with Crippen molar-refractivity contribution in [2.45, 2.75) is 26.7 Å². The molecule has 0 aliphatic heterocycles. The van der Waals surface area contributed by atoms with E-state index in [1.165, 1.54) is 0 Å². The Morgan fingerprint density at radius 2 is 2.00 bits per heavy atom. The van der Waals surface area contributed by atoms with Crippen molar-refractivity contribution in [1.29, 1.82) is 0 Å². The van der Waals surface area contributed by atoms with Gasteiger partial charge in [0, 0.05) is 22.2 Å². The molecule has 0 bridgehead atoms. The van der Waals surface area contributed by atoms with E-state index >= 15 is 0 Å². The number of halogens is 2. The molecule has 0 aliphatic carbocycles. The maximum absolute atomic E-state index is 12.5. The van der Waals surface area contributed by atoms with Crippen LogP contribution in [0.25, 0.3) is 0 Å². The van der Waals surface area contributed by atoms with Crippen LogP contribution in [-0.4, -0.2) is 36.3 Å². The summed E-state index contributed by atoms with van der Waals surface area (Å²) in [6.45, 7) is 5.22. The average Bonchev–Trinajstić information content (AvgIpc) is 2.46. The Balaban J connectivity index is 2.81. The van der Waals surface area contributed by atoms with Gasteiger partial charge in [-0.2, -0.15) is 0 Å². The number of carbonyl (C=O) groups excluding carboxylic acids is 2. The van der Waals surface area contributed by atoms with Gasteiger partial charge in [-0.1, -0.05) is 25.4 Å². The van der Waals surface area contributed by atoms with Gasteiger partial charge in [0.15, 0.2) is 0 Å². The van der Waals surface area contributed by atoms with Gasteiger partial charge < -0.3 is 10.2 Å². The molecule has 116 valence electrons. The maximum Gasteiger partial charge on any atom is 0.254 e. The summed E-state index contributed by atoms with van der Waals surface area (Å²) in [4.78, 5) is 25.9. The molecule has 0 aromatic heterocycles. The van der Waals surface area contributed by atoms with Gasteiger partial charge in [-0.25, -0.2) is 0 Å². The van der Waals surface area contributed by atoms with Crippen LogP contribution in [0.4, 0.5) is 0 Å². The number of benzene rings is 1. The van der Waals surface area contributed by atoms with Gasteiger partial charge >= 0.3 is 0 Å². The van der Waals surface area contributed by atoms with Crippen LogP contribution in [0.2, 0.25) is 5.02 Å². The highest BCUT2D eigenvalue weighted by molar-refractivity contribution is 14.1. The number of rotatable bonds is 7. The third kappa shape index (κ3) is 5.82.